The van der Waals surface area contributed by atoms with E-state index >= 15 is 0 Å². The van der Waals surface area contributed by atoms with Crippen molar-refractivity contribution in [3.05, 3.63) is 12.7 Å². The van der Waals surface area contributed by atoms with E-state index in [-0.39, 0.29) is 31.1 Å². The van der Waals surface area contributed by atoms with Crippen LogP contribution in [-0.2, 0) is 4.79 Å². The van der Waals surface area contributed by atoms with Crippen molar-refractivity contribution in [2.75, 3.05) is 6.54 Å². The quantitative estimate of drug-likeness (QED) is 0.676. The van der Waals surface area contributed by atoms with Crippen molar-refractivity contribution < 1.29 is 14.7 Å². The van der Waals surface area contributed by atoms with Gasteiger partial charge in [-0.1, -0.05) is 6.08 Å². The summed E-state index contributed by atoms with van der Waals surface area (Å²) in [5.74, 6) is -0.907. The van der Waals surface area contributed by atoms with Gasteiger partial charge in [-0.05, 0) is 20.8 Å². The van der Waals surface area contributed by atoms with Crippen LogP contribution in [0.15, 0.2) is 12.7 Å². The second kappa shape index (κ2) is 6.87. The van der Waals surface area contributed by atoms with Crippen LogP contribution in [0, 0.1) is 0 Å². The van der Waals surface area contributed by atoms with Crippen molar-refractivity contribution in [3.8, 4) is 0 Å². The van der Waals surface area contributed by atoms with Gasteiger partial charge in [0.25, 0.3) is 0 Å². The molecule has 0 rings (SSSR count). The number of carboxylic acid groups (broad SMARTS) is 1. The Morgan fingerprint density at radius 3 is 2.38 bits per heavy atom. The standard InChI is InChI=1S/C11H20N2O3/c1-5-9(4)12-11(16)13(8(2)3)7-6-10(14)15/h5,8-9H,1,6-7H2,2-4H3,(H,12,16)(H,14,15). The fourth-order valence-electron chi connectivity index (χ4n) is 1.15. The number of carbonyl (C=O) groups excluding carboxylic acids is 1. The molecule has 0 bridgehead atoms. The summed E-state index contributed by atoms with van der Waals surface area (Å²) < 4.78 is 0. The molecular formula is C11H20N2O3. The molecule has 0 aliphatic heterocycles. The smallest absolute Gasteiger partial charge is 0.318 e. The van der Waals surface area contributed by atoms with E-state index < -0.39 is 5.97 Å². The zero-order valence-corrected chi connectivity index (χ0v) is 10.1. The largest absolute Gasteiger partial charge is 0.481 e. The number of nitrogens with one attached hydrogen (secondary N) is 1. The Bertz CT molecular complexity index is 264. The summed E-state index contributed by atoms with van der Waals surface area (Å²) in [5.41, 5.74) is 0. The fraction of sp³-hybridized carbons (Fsp3) is 0.636. The average molecular weight is 228 g/mol. The molecule has 0 aliphatic carbocycles. The molecule has 0 aromatic heterocycles. The highest BCUT2D eigenvalue weighted by Crippen LogP contribution is 2.01. The van der Waals surface area contributed by atoms with Crippen LogP contribution in [0.3, 0.4) is 0 Å². The van der Waals surface area contributed by atoms with E-state index in [1.54, 1.807) is 13.0 Å². The molecule has 0 aromatic carbocycles. The number of aliphatic carboxylic acids is 1. The lowest BCUT2D eigenvalue weighted by Gasteiger charge is -2.27. The van der Waals surface area contributed by atoms with Gasteiger partial charge in [0.1, 0.15) is 0 Å². The molecule has 1 unspecified atom stereocenters. The second-order valence-electron chi connectivity index (χ2n) is 3.90. The zero-order chi connectivity index (χ0) is 12.7. The second-order valence-corrected chi connectivity index (χ2v) is 3.90. The first-order valence-electron chi connectivity index (χ1n) is 5.30. The third-order valence-electron chi connectivity index (χ3n) is 2.16. The fourth-order valence-corrected chi connectivity index (χ4v) is 1.15. The lowest BCUT2D eigenvalue weighted by molar-refractivity contribution is -0.137. The Hall–Kier alpha value is -1.52. The van der Waals surface area contributed by atoms with Gasteiger partial charge in [0.2, 0.25) is 0 Å². The van der Waals surface area contributed by atoms with Crippen LogP contribution < -0.4 is 5.32 Å². The first kappa shape index (κ1) is 14.5. The van der Waals surface area contributed by atoms with E-state index in [2.05, 4.69) is 11.9 Å². The van der Waals surface area contributed by atoms with Crippen LogP contribution in [0.1, 0.15) is 27.2 Å². The molecule has 2 amide bonds. The number of rotatable bonds is 6. The Kier molecular flexibility index (Phi) is 6.22. The molecule has 5 nitrogen and oxygen atoms in total. The SMILES string of the molecule is C=CC(C)NC(=O)N(CCC(=O)O)C(C)C. The first-order valence-corrected chi connectivity index (χ1v) is 5.30. The molecule has 0 saturated heterocycles. The number of carboxylic acids is 1. The van der Waals surface area contributed by atoms with Crippen molar-refractivity contribution in [1.29, 1.82) is 0 Å². The van der Waals surface area contributed by atoms with Crippen LogP contribution in [0.2, 0.25) is 0 Å². The molecule has 1 atom stereocenters. The molecule has 2 N–H and O–H groups in total. The van der Waals surface area contributed by atoms with Crippen molar-refractivity contribution in [1.82, 2.24) is 10.2 Å². The van der Waals surface area contributed by atoms with Gasteiger partial charge in [0.05, 0.1) is 6.42 Å². The minimum atomic E-state index is -0.907. The van der Waals surface area contributed by atoms with Gasteiger partial charge >= 0.3 is 12.0 Å². The molecule has 0 fully saturated rings. The van der Waals surface area contributed by atoms with Gasteiger partial charge < -0.3 is 15.3 Å². The van der Waals surface area contributed by atoms with E-state index in [9.17, 15) is 9.59 Å². The number of carbonyl (C=O) groups is 2. The van der Waals surface area contributed by atoms with E-state index in [0.29, 0.717) is 0 Å². The predicted molar refractivity (Wildman–Crippen MR) is 62.3 cm³/mol. The highest BCUT2D eigenvalue weighted by Gasteiger charge is 2.18. The number of amides is 2. The monoisotopic (exact) mass is 228 g/mol. The molecule has 92 valence electrons. The molecule has 0 aliphatic rings. The van der Waals surface area contributed by atoms with Gasteiger partial charge in [-0.25, -0.2) is 4.79 Å². The maximum atomic E-state index is 11.7. The normalized spacial score (nSPS) is 12.0. The Morgan fingerprint density at radius 2 is 2.00 bits per heavy atom. The van der Waals surface area contributed by atoms with E-state index in [1.165, 1.54) is 4.90 Å². The van der Waals surface area contributed by atoms with Gasteiger partial charge in [-0.3, -0.25) is 4.79 Å². The molecule has 5 heteroatoms. The summed E-state index contributed by atoms with van der Waals surface area (Å²) in [4.78, 5) is 23.7. The Labute approximate surface area is 96.1 Å². The summed E-state index contributed by atoms with van der Waals surface area (Å²) in [6.07, 6.45) is 1.57. The maximum Gasteiger partial charge on any atom is 0.318 e. The number of hydrogen-bond donors (Lipinski definition) is 2. The minimum absolute atomic E-state index is 0.0311. The summed E-state index contributed by atoms with van der Waals surface area (Å²) in [7, 11) is 0. The first-order chi connectivity index (χ1) is 7.38. The van der Waals surface area contributed by atoms with Crippen LogP contribution in [0.4, 0.5) is 4.79 Å². The average Bonchev–Trinajstić information content (AvgIpc) is 2.16. The predicted octanol–water partition coefficient (Wildman–Crippen LogP) is 1.46. The summed E-state index contributed by atoms with van der Waals surface area (Å²) in [6.45, 7) is 9.28. The van der Waals surface area contributed by atoms with Crippen molar-refractivity contribution in [2.24, 2.45) is 0 Å². The number of hydrogen-bond acceptors (Lipinski definition) is 2. The summed E-state index contributed by atoms with van der Waals surface area (Å²) in [5, 5.41) is 11.3. The maximum absolute atomic E-state index is 11.7. The topological polar surface area (TPSA) is 69.6 Å². The molecule has 0 saturated carbocycles. The van der Waals surface area contributed by atoms with Gasteiger partial charge in [0, 0.05) is 18.6 Å². The van der Waals surface area contributed by atoms with Crippen molar-refractivity contribution in [2.45, 2.75) is 39.3 Å². The molecule has 16 heavy (non-hydrogen) atoms. The minimum Gasteiger partial charge on any atom is -0.481 e. The highest BCUT2D eigenvalue weighted by molar-refractivity contribution is 5.76. The third kappa shape index (κ3) is 5.38. The molecule has 0 radical (unpaired) electrons. The summed E-state index contributed by atoms with van der Waals surface area (Å²) >= 11 is 0. The van der Waals surface area contributed by atoms with Crippen LogP contribution in [-0.4, -0.2) is 40.6 Å². The van der Waals surface area contributed by atoms with Crippen molar-refractivity contribution >= 4 is 12.0 Å². The molecule has 0 heterocycles. The molecule has 0 aromatic rings. The van der Waals surface area contributed by atoms with E-state index in [4.69, 9.17) is 5.11 Å². The zero-order valence-electron chi connectivity index (χ0n) is 10.1. The van der Waals surface area contributed by atoms with Crippen LogP contribution >= 0.6 is 0 Å². The lowest BCUT2D eigenvalue weighted by Crippen LogP contribution is -2.47. The van der Waals surface area contributed by atoms with Crippen LogP contribution in [0.5, 0.6) is 0 Å². The van der Waals surface area contributed by atoms with Crippen molar-refractivity contribution in [3.63, 3.8) is 0 Å². The lowest BCUT2D eigenvalue weighted by atomic mass is 10.3. The number of nitrogens with zero attached hydrogens (tertiary/aromatic N) is 1. The highest BCUT2D eigenvalue weighted by atomic mass is 16.4. The third-order valence-corrected chi connectivity index (χ3v) is 2.16. The Morgan fingerprint density at radius 1 is 1.44 bits per heavy atom. The van der Waals surface area contributed by atoms with Crippen LogP contribution in [0.25, 0.3) is 0 Å². The van der Waals surface area contributed by atoms with Gasteiger partial charge in [-0.15, -0.1) is 6.58 Å². The number of urea groups is 1. The van der Waals surface area contributed by atoms with Gasteiger partial charge in [0.15, 0.2) is 0 Å². The molecule has 0 spiro atoms. The molecular weight excluding hydrogens is 208 g/mol. The van der Waals surface area contributed by atoms with E-state index in [0.717, 1.165) is 0 Å². The Balaban J connectivity index is 4.35. The van der Waals surface area contributed by atoms with E-state index in [1.807, 2.05) is 13.8 Å². The van der Waals surface area contributed by atoms with Gasteiger partial charge in [-0.2, -0.15) is 0 Å². The summed E-state index contributed by atoms with van der Waals surface area (Å²) in [6, 6.07) is -0.418.